The average molecular weight is 530 g/mol. The van der Waals surface area contributed by atoms with Crippen molar-refractivity contribution >= 4 is 17.5 Å². The summed E-state index contributed by atoms with van der Waals surface area (Å²) in [5.74, 6) is -1.75. The van der Waals surface area contributed by atoms with E-state index in [1.807, 2.05) is 0 Å². The molecule has 0 saturated heterocycles. The van der Waals surface area contributed by atoms with Crippen molar-refractivity contribution in [2.24, 2.45) is 5.73 Å². The van der Waals surface area contributed by atoms with E-state index in [4.69, 9.17) is 19.9 Å². The van der Waals surface area contributed by atoms with Crippen LogP contribution >= 0.6 is 0 Å². The van der Waals surface area contributed by atoms with Gasteiger partial charge in [0.1, 0.15) is 34.3 Å². The maximum Gasteiger partial charge on any atom is 0.419 e. The largest absolute Gasteiger partial charge is 0.495 e. The van der Waals surface area contributed by atoms with Gasteiger partial charge < -0.3 is 25.3 Å². The lowest BCUT2D eigenvalue weighted by Crippen LogP contribution is -2.19. The highest BCUT2D eigenvalue weighted by molar-refractivity contribution is 6.09. The normalized spacial score (nSPS) is 14.0. The van der Waals surface area contributed by atoms with E-state index in [0.717, 1.165) is 44.9 Å². The first-order chi connectivity index (χ1) is 18.2. The molecule has 0 bridgehead atoms. The molecule has 0 atom stereocenters. The fourth-order valence-electron chi connectivity index (χ4n) is 4.23. The van der Waals surface area contributed by atoms with Crippen molar-refractivity contribution in [2.75, 3.05) is 12.4 Å². The summed E-state index contributed by atoms with van der Waals surface area (Å²) in [5.41, 5.74) is 3.54. The highest BCUT2D eigenvalue weighted by Crippen LogP contribution is 2.43. The van der Waals surface area contributed by atoms with Gasteiger partial charge >= 0.3 is 6.18 Å². The van der Waals surface area contributed by atoms with Crippen LogP contribution in [0.2, 0.25) is 0 Å². The zero-order valence-electron chi connectivity index (χ0n) is 20.5. The minimum Gasteiger partial charge on any atom is -0.495 e. The molecule has 3 N–H and O–H groups in total. The Morgan fingerprint density at radius 1 is 1.00 bits per heavy atom. The molecule has 200 valence electrons. The fourth-order valence-corrected chi connectivity index (χ4v) is 4.23. The molecule has 2 aromatic carbocycles. The van der Waals surface area contributed by atoms with E-state index < -0.39 is 34.9 Å². The van der Waals surface area contributed by atoms with Crippen LogP contribution in [-0.2, 0) is 6.18 Å². The third kappa shape index (κ3) is 6.34. The van der Waals surface area contributed by atoms with Crippen molar-refractivity contribution < 1.29 is 37.0 Å². The first-order valence-corrected chi connectivity index (χ1v) is 12.0. The molecule has 1 heterocycles. The number of anilines is 1. The van der Waals surface area contributed by atoms with Crippen LogP contribution in [0.4, 0.5) is 18.9 Å². The summed E-state index contributed by atoms with van der Waals surface area (Å²) in [6.45, 7) is 0. The van der Waals surface area contributed by atoms with Crippen LogP contribution in [-0.4, -0.2) is 30.0 Å². The van der Waals surface area contributed by atoms with Gasteiger partial charge in [0.05, 0.1) is 18.8 Å². The van der Waals surface area contributed by atoms with E-state index in [-0.39, 0.29) is 29.0 Å². The van der Waals surface area contributed by atoms with Gasteiger partial charge in [-0.25, -0.2) is 0 Å². The van der Waals surface area contributed by atoms with Crippen LogP contribution in [0.3, 0.4) is 0 Å². The Morgan fingerprint density at radius 2 is 1.68 bits per heavy atom. The molecule has 1 saturated carbocycles. The van der Waals surface area contributed by atoms with Gasteiger partial charge in [-0.2, -0.15) is 13.2 Å². The number of ether oxygens (including phenoxy) is 3. The first-order valence-electron chi connectivity index (χ1n) is 12.0. The lowest BCUT2D eigenvalue weighted by Gasteiger charge is -2.23. The molecule has 4 rings (SSSR count). The number of nitrogens with one attached hydrogen (secondary N) is 1. The summed E-state index contributed by atoms with van der Waals surface area (Å²) in [6.07, 6.45) is 1.99. The Kier molecular flexibility index (Phi) is 8.04. The summed E-state index contributed by atoms with van der Waals surface area (Å²) in [5, 5.41) is 2.45. The number of carbonyl (C=O) groups is 2. The van der Waals surface area contributed by atoms with Crippen molar-refractivity contribution in [3.63, 3.8) is 0 Å². The van der Waals surface area contributed by atoms with Crippen LogP contribution in [0, 0.1) is 0 Å². The number of hydrogen-bond acceptors (Lipinski definition) is 6. The Labute approximate surface area is 216 Å². The van der Waals surface area contributed by atoms with E-state index in [9.17, 15) is 22.8 Å². The Bertz CT molecular complexity index is 1310. The minimum absolute atomic E-state index is 0.0911. The zero-order valence-corrected chi connectivity index (χ0v) is 20.5. The van der Waals surface area contributed by atoms with Crippen LogP contribution in [0.5, 0.6) is 23.0 Å². The number of primary amides is 1. The molecule has 3 aromatic rings. The van der Waals surface area contributed by atoms with Crippen molar-refractivity contribution in [2.45, 2.75) is 44.4 Å². The van der Waals surface area contributed by atoms with E-state index in [0.29, 0.717) is 5.75 Å². The highest BCUT2D eigenvalue weighted by Gasteiger charge is 2.38. The SMILES string of the molecule is COc1c(C(F)(F)F)ccc(Oc2ccc(OC3CCCCC3)cc2)c1C(=O)Nc1ccnc(C(N)=O)c1. The molecule has 8 nitrogen and oxygen atoms in total. The van der Waals surface area contributed by atoms with Gasteiger partial charge in [-0.3, -0.25) is 14.6 Å². The summed E-state index contributed by atoms with van der Waals surface area (Å²) in [4.78, 5) is 28.5. The smallest absolute Gasteiger partial charge is 0.419 e. The zero-order chi connectivity index (χ0) is 27.3. The number of rotatable bonds is 8. The number of methoxy groups -OCH3 is 1. The van der Waals surface area contributed by atoms with Crippen molar-refractivity contribution in [1.29, 1.82) is 0 Å². The van der Waals surface area contributed by atoms with Crippen LogP contribution < -0.4 is 25.3 Å². The highest BCUT2D eigenvalue weighted by atomic mass is 19.4. The maximum absolute atomic E-state index is 13.7. The van der Waals surface area contributed by atoms with Crippen molar-refractivity contribution in [3.05, 3.63) is 71.5 Å². The van der Waals surface area contributed by atoms with Gasteiger partial charge in [-0.1, -0.05) is 6.42 Å². The number of hydrogen-bond donors (Lipinski definition) is 2. The number of aromatic nitrogens is 1. The number of benzene rings is 2. The monoisotopic (exact) mass is 529 g/mol. The van der Waals surface area contributed by atoms with E-state index >= 15 is 0 Å². The maximum atomic E-state index is 13.7. The fraction of sp³-hybridized carbons (Fsp3) is 0.296. The molecule has 1 aliphatic rings. The predicted octanol–water partition coefficient (Wildman–Crippen LogP) is 5.96. The first kappa shape index (κ1) is 26.8. The molecular formula is C27H26F3N3O5. The van der Waals surface area contributed by atoms with E-state index in [1.54, 1.807) is 24.3 Å². The Hall–Kier alpha value is -4.28. The summed E-state index contributed by atoms with van der Waals surface area (Å²) < 4.78 is 58.0. The van der Waals surface area contributed by atoms with Crippen molar-refractivity contribution in [3.8, 4) is 23.0 Å². The third-order valence-corrected chi connectivity index (χ3v) is 6.03. The van der Waals surface area contributed by atoms with Crippen LogP contribution in [0.25, 0.3) is 0 Å². The molecule has 2 amide bonds. The molecule has 1 aliphatic carbocycles. The average Bonchev–Trinajstić information content (AvgIpc) is 2.89. The van der Waals surface area contributed by atoms with Gasteiger partial charge in [0.2, 0.25) is 0 Å². The lowest BCUT2D eigenvalue weighted by molar-refractivity contribution is -0.138. The number of nitrogens with zero attached hydrogens (tertiary/aromatic N) is 1. The second kappa shape index (κ2) is 11.4. The molecule has 0 spiro atoms. The molecule has 38 heavy (non-hydrogen) atoms. The summed E-state index contributed by atoms with van der Waals surface area (Å²) >= 11 is 0. The standard InChI is InChI=1S/C27H26F3N3O5/c1-36-24-20(27(28,29)30)11-12-22(23(24)26(35)33-16-13-14-32-21(15-16)25(31)34)38-19-9-7-18(8-10-19)37-17-5-3-2-4-6-17/h7-15,17H,2-6H2,1H3,(H2,31,34)(H,32,33,35). The van der Waals surface area contributed by atoms with Gasteiger partial charge in [0.15, 0.2) is 0 Å². The molecule has 11 heteroatoms. The second-order valence-corrected chi connectivity index (χ2v) is 8.72. The molecule has 1 fully saturated rings. The van der Waals surface area contributed by atoms with Gasteiger partial charge in [0.25, 0.3) is 11.8 Å². The van der Waals surface area contributed by atoms with Gasteiger partial charge in [-0.05, 0) is 74.2 Å². The molecular weight excluding hydrogens is 503 g/mol. The van der Waals surface area contributed by atoms with Crippen molar-refractivity contribution in [1.82, 2.24) is 4.98 Å². The van der Waals surface area contributed by atoms with E-state index in [1.165, 1.54) is 24.8 Å². The Morgan fingerprint density at radius 3 is 2.32 bits per heavy atom. The van der Waals surface area contributed by atoms with Gasteiger partial charge in [-0.15, -0.1) is 0 Å². The van der Waals surface area contributed by atoms with E-state index in [2.05, 4.69) is 10.3 Å². The number of nitrogens with two attached hydrogens (primary N) is 1. The number of pyridine rings is 1. The minimum atomic E-state index is -4.80. The molecule has 0 unspecified atom stereocenters. The van der Waals surface area contributed by atoms with Gasteiger partial charge in [0, 0.05) is 11.9 Å². The summed E-state index contributed by atoms with van der Waals surface area (Å²) in [7, 11) is 1.03. The molecule has 0 aliphatic heterocycles. The number of carbonyl (C=O) groups excluding carboxylic acids is 2. The lowest BCUT2D eigenvalue weighted by atomic mass is 9.98. The molecule has 0 radical (unpaired) electrons. The van der Waals surface area contributed by atoms with Crippen LogP contribution in [0.15, 0.2) is 54.7 Å². The summed E-state index contributed by atoms with van der Waals surface area (Å²) in [6, 6.07) is 11.0. The second-order valence-electron chi connectivity index (χ2n) is 8.72. The van der Waals surface area contributed by atoms with Crippen LogP contribution in [0.1, 0.15) is 58.5 Å². The topological polar surface area (TPSA) is 113 Å². The Balaban J connectivity index is 1.64. The number of halogens is 3. The molecule has 1 aromatic heterocycles. The number of amides is 2. The third-order valence-electron chi connectivity index (χ3n) is 6.03. The number of alkyl halides is 3. The quantitative estimate of drug-likeness (QED) is 0.372. The predicted molar refractivity (Wildman–Crippen MR) is 133 cm³/mol.